The first-order valence-corrected chi connectivity index (χ1v) is 0.383. The fourth-order valence-electron chi connectivity index (χ4n) is 0. The van der Waals surface area contributed by atoms with Crippen LogP contribution in [0.1, 0.15) is 0 Å². The predicted octanol–water partition coefficient (Wildman–Crippen LogP) is -0.345. The zero-order valence-electron chi connectivity index (χ0n) is 2.01. The van der Waals surface area contributed by atoms with Gasteiger partial charge in [-0.15, -0.1) is 4.91 Å². The molecule has 4 nitrogen and oxygen atoms in total. The second-order valence-electron chi connectivity index (χ2n) is 0.0816. The van der Waals surface area contributed by atoms with Crippen molar-refractivity contribution in [3.63, 3.8) is 0 Å². The molecular weight excluding hydrogens is 83.0 g/mol. The van der Waals surface area contributed by atoms with Crippen LogP contribution >= 0.6 is 0 Å². The summed E-state index contributed by atoms with van der Waals surface area (Å²) in [5.41, 5.74) is 0. The van der Waals surface area contributed by atoms with Crippen molar-refractivity contribution in [3.8, 4) is 0 Å². The molecule has 0 aromatic rings. The van der Waals surface area contributed by atoms with Crippen LogP contribution < -0.4 is 6.15 Å². The van der Waals surface area contributed by atoms with Gasteiger partial charge < -0.3 is 11.4 Å². The molecule has 0 rings (SSSR count). The van der Waals surface area contributed by atoms with E-state index in [-0.39, 0.29) is 35.7 Å². The Bertz CT molecular complexity index is 15.1. The molecule has 0 aromatic heterocycles. The van der Waals surface area contributed by atoms with Crippen LogP contribution in [0.25, 0.3) is 0 Å². The van der Waals surface area contributed by atoms with E-state index in [0.717, 1.165) is 0 Å². The first-order chi connectivity index (χ1) is 1.41. The molecule has 0 saturated heterocycles. The average Bonchev–Trinajstić information content (AvgIpc) is 0.918. The van der Waals surface area contributed by atoms with Crippen molar-refractivity contribution in [1.82, 2.24) is 6.15 Å². The Hall–Kier alpha value is 0.360. The quantitative estimate of drug-likeness (QED) is 0.241. The molecule has 0 aliphatic heterocycles. The van der Waals surface area contributed by atoms with Crippen molar-refractivity contribution in [2.45, 2.75) is 0 Å². The van der Waals surface area contributed by atoms with Crippen molar-refractivity contribution in [3.05, 3.63) is 4.91 Å². The minimum absolute atomic E-state index is 0. The standard InChI is InChI=1S/HNO2.H3N.Na.H/c2-1-3;;;/h(H,2,3);1H3;;. The maximum atomic E-state index is 8.11. The van der Waals surface area contributed by atoms with Crippen molar-refractivity contribution in [1.29, 1.82) is 0 Å². The van der Waals surface area contributed by atoms with Crippen molar-refractivity contribution in [2.24, 2.45) is 5.34 Å². The van der Waals surface area contributed by atoms with Gasteiger partial charge in [0, 0.05) is 0 Å². The number of nitrogens with zero attached hydrogens (tertiary/aromatic N) is 1. The van der Waals surface area contributed by atoms with Crippen LogP contribution in [0.3, 0.4) is 0 Å². The summed E-state index contributed by atoms with van der Waals surface area (Å²) in [6.45, 7) is 0. The van der Waals surface area contributed by atoms with E-state index in [1.165, 1.54) is 5.34 Å². The van der Waals surface area contributed by atoms with Gasteiger partial charge in [-0.25, -0.2) is 0 Å². The van der Waals surface area contributed by atoms with Crippen molar-refractivity contribution < 1.29 is 5.21 Å². The monoisotopic (exact) mass is 88.0 g/mol. The zero-order chi connectivity index (χ0) is 2.71. The molecule has 5 heavy (non-hydrogen) atoms. The van der Waals surface area contributed by atoms with E-state index in [9.17, 15) is 0 Å². The number of hydrogen-bond acceptors (Lipinski definition) is 3. The van der Waals surface area contributed by atoms with Gasteiger partial charge in [0.1, 0.15) is 0 Å². The fraction of sp³-hybridized carbons (Fsp3) is 0. The summed E-state index contributed by atoms with van der Waals surface area (Å²) in [5.74, 6) is 0. The summed E-state index contributed by atoms with van der Waals surface area (Å²) < 4.78 is 0. The van der Waals surface area contributed by atoms with Crippen LogP contribution in [0.15, 0.2) is 5.34 Å². The number of rotatable bonds is 0. The molecule has 0 fully saturated rings. The Morgan fingerprint density at radius 2 is 1.60 bits per heavy atom. The third kappa shape index (κ3) is 187. The summed E-state index contributed by atoms with van der Waals surface area (Å²) in [4.78, 5) is 8.11. The maximum absolute atomic E-state index is 8.11. The molecule has 4 N–H and O–H groups in total. The Balaban J connectivity index is -0.0000000200. The summed E-state index contributed by atoms with van der Waals surface area (Å²) in [6, 6.07) is 0. The molecule has 0 amide bonds. The van der Waals surface area contributed by atoms with Crippen LogP contribution in [0.5, 0.6) is 0 Å². The minimum atomic E-state index is 0. The molecular formula is H5N2NaO2. The second-order valence-corrected chi connectivity index (χ2v) is 0.0816. The molecule has 0 atom stereocenters. The summed E-state index contributed by atoms with van der Waals surface area (Å²) in [7, 11) is 0. The van der Waals surface area contributed by atoms with Gasteiger partial charge in [-0.1, -0.05) is 0 Å². The first-order valence-electron chi connectivity index (χ1n) is 0.383. The van der Waals surface area contributed by atoms with Crippen LogP contribution in [0.4, 0.5) is 0 Å². The Labute approximate surface area is 51.4 Å². The van der Waals surface area contributed by atoms with Crippen molar-refractivity contribution >= 4 is 29.6 Å². The van der Waals surface area contributed by atoms with E-state index < -0.39 is 0 Å². The van der Waals surface area contributed by atoms with E-state index in [2.05, 4.69) is 0 Å². The molecule has 0 aromatic carbocycles. The molecule has 0 saturated carbocycles. The Kier molecular flexibility index (Phi) is 97.4. The second kappa shape index (κ2) is 26.6. The molecule has 0 spiro atoms. The third-order valence-electron chi connectivity index (χ3n) is 0. The Morgan fingerprint density at radius 1 is 1.60 bits per heavy atom. The SMILES string of the molecule is N.O=NO.[NaH]. The van der Waals surface area contributed by atoms with Gasteiger partial charge in [0.15, 0.2) is 5.34 Å². The Morgan fingerprint density at radius 3 is 1.60 bits per heavy atom. The number of hydrogen-bond donors (Lipinski definition) is 2. The molecule has 0 aliphatic carbocycles. The third-order valence-corrected chi connectivity index (χ3v) is 0. The van der Waals surface area contributed by atoms with Gasteiger partial charge in [-0.2, -0.15) is 0 Å². The van der Waals surface area contributed by atoms with E-state index in [4.69, 9.17) is 10.1 Å². The average molecular weight is 88.0 g/mol. The summed E-state index contributed by atoms with van der Waals surface area (Å²) in [6.07, 6.45) is 0. The molecule has 0 bridgehead atoms. The van der Waals surface area contributed by atoms with Gasteiger partial charge in [-0.3, -0.25) is 0 Å². The van der Waals surface area contributed by atoms with E-state index in [0.29, 0.717) is 0 Å². The molecule has 5 heteroatoms. The van der Waals surface area contributed by atoms with Gasteiger partial charge in [0.2, 0.25) is 0 Å². The normalized spacial score (nSPS) is 2.40. The first kappa shape index (κ1) is 18.3. The summed E-state index contributed by atoms with van der Waals surface area (Å²) >= 11 is 0. The van der Waals surface area contributed by atoms with Crippen LogP contribution in [-0.2, 0) is 0 Å². The van der Waals surface area contributed by atoms with Gasteiger partial charge in [-0.05, 0) is 0 Å². The fourth-order valence-corrected chi connectivity index (χ4v) is 0. The van der Waals surface area contributed by atoms with Gasteiger partial charge in [0.05, 0.1) is 0 Å². The van der Waals surface area contributed by atoms with Crippen molar-refractivity contribution in [2.75, 3.05) is 0 Å². The molecule has 0 heterocycles. The van der Waals surface area contributed by atoms with E-state index in [1.54, 1.807) is 0 Å². The van der Waals surface area contributed by atoms with Gasteiger partial charge >= 0.3 is 29.6 Å². The van der Waals surface area contributed by atoms with E-state index in [1.807, 2.05) is 0 Å². The van der Waals surface area contributed by atoms with Crippen LogP contribution in [0.2, 0.25) is 0 Å². The van der Waals surface area contributed by atoms with Gasteiger partial charge in [0.25, 0.3) is 0 Å². The molecule has 0 unspecified atom stereocenters. The van der Waals surface area contributed by atoms with Crippen LogP contribution in [-0.4, -0.2) is 34.8 Å². The van der Waals surface area contributed by atoms with E-state index >= 15 is 0 Å². The molecule has 0 aliphatic rings. The van der Waals surface area contributed by atoms with Crippen LogP contribution in [0, 0.1) is 4.91 Å². The molecule has 0 radical (unpaired) electrons. The zero-order valence-corrected chi connectivity index (χ0v) is 2.01. The summed E-state index contributed by atoms with van der Waals surface area (Å²) in [5, 5.41) is 7.89. The topological polar surface area (TPSA) is 84.7 Å². The predicted molar refractivity (Wildman–Crippen MR) is 19.8 cm³/mol. The molecule has 28 valence electrons.